The second kappa shape index (κ2) is 7.95. The first-order chi connectivity index (χ1) is 12.7. The molecule has 27 heavy (non-hydrogen) atoms. The zero-order valence-corrected chi connectivity index (χ0v) is 18.7. The average molecular weight is 408 g/mol. The van der Waals surface area contributed by atoms with Gasteiger partial charge in [-0.1, -0.05) is 11.8 Å². The second-order valence-corrected chi connectivity index (χ2v) is 9.99. The topological polar surface area (TPSA) is 55.2 Å². The maximum atomic E-state index is 13.1. The first-order valence-electron chi connectivity index (χ1n) is 9.68. The molecule has 0 bridgehead atoms. The van der Waals surface area contributed by atoms with E-state index in [0.717, 1.165) is 33.5 Å². The van der Waals surface area contributed by atoms with E-state index in [9.17, 15) is 9.59 Å². The van der Waals surface area contributed by atoms with Gasteiger partial charge in [0.1, 0.15) is 4.83 Å². The summed E-state index contributed by atoms with van der Waals surface area (Å²) in [4.78, 5) is 34.7. The van der Waals surface area contributed by atoms with Crippen molar-refractivity contribution in [2.24, 2.45) is 0 Å². The Morgan fingerprint density at radius 3 is 2.48 bits per heavy atom. The lowest BCUT2D eigenvalue weighted by Crippen LogP contribution is -2.48. The van der Waals surface area contributed by atoms with Gasteiger partial charge >= 0.3 is 0 Å². The highest BCUT2D eigenvalue weighted by Crippen LogP contribution is 2.30. The molecular formula is C20H29N3O2S2. The molecule has 3 heterocycles. The number of amides is 1. The molecule has 3 rings (SSSR count). The minimum atomic E-state index is -0.000517. The summed E-state index contributed by atoms with van der Waals surface area (Å²) in [5.74, 6) is 0.464. The van der Waals surface area contributed by atoms with Crippen LogP contribution in [0.3, 0.4) is 0 Å². The Hall–Kier alpha value is -1.34. The lowest BCUT2D eigenvalue weighted by molar-refractivity contribution is -0.134. The molecule has 148 valence electrons. The number of hydrogen-bond acceptors (Lipinski definition) is 5. The van der Waals surface area contributed by atoms with Crippen LogP contribution in [0.4, 0.5) is 0 Å². The minimum Gasteiger partial charge on any atom is -0.337 e. The zero-order chi connectivity index (χ0) is 19.9. The largest absolute Gasteiger partial charge is 0.337 e. The highest BCUT2D eigenvalue weighted by Gasteiger charge is 2.29. The lowest BCUT2D eigenvalue weighted by atomic mass is 9.98. The zero-order valence-electron chi connectivity index (χ0n) is 17.0. The van der Waals surface area contributed by atoms with Gasteiger partial charge in [-0.15, -0.1) is 11.3 Å². The van der Waals surface area contributed by atoms with Gasteiger partial charge in [0, 0.05) is 23.0 Å². The van der Waals surface area contributed by atoms with E-state index in [1.54, 1.807) is 15.9 Å². The van der Waals surface area contributed by atoms with Crippen molar-refractivity contribution in [3.63, 3.8) is 0 Å². The fourth-order valence-corrected chi connectivity index (χ4v) is 6.03. The summed E-state index contributed by atoms with van der Waals surface area (Å²) in [7, 11) is 0. The van der Waals surface area contributed by atoms with Crippen molar-refractivity contribution < 1.29 is 4.79 Å². The summed E-state index contributed by atoms with van der Waals surface area (Å²) < 4.78 is 1.74. The Bertz CT molecular complexity index is 906. The van der Waals surface area contributed by atoms with Crippen LogP contribution >= 0.6 is 23.1 Å². The first kappa shape index (κ1) is 20.4. The van der Waals surface area contributed by atoms with Crippen molar-refractivity contribution in [2.75, 3.05) is 5.75 Å². The molecule has 1 saturated heterocycles. The molecule has 0 unspecified atom stereocenters. The van der Waals surface area contributed by atoms with Crippen molar-refractivity contribution >= 4 is 39.2 Å². The van der Waals surface area contributed by atoms with Crippen molar-refractivity contribution in [1.82, 2.24) is 14.5 Å². The summed E-state index contributed by atoms with van der Waals surface area (Å²) in [5.41, 5.74) is 1.03. The number of aromatic nitrogens is 2. The summed E-state index contributed by atoms with van der Waals surface area (Å²) in [6, 6.07) is 0.568. The molecule has 2 aromatic heterocycles. The molecule has 0 radical (unpaired) electrons. The van der Waals surface area contributed by atoms with E-state index in [2.05, 4.69) is 13.8 Å². The van der Waals surface area contributed by atoms with Crippen LogP contribution in [0.15, 0.2) is 9.95 Å². The van der Waals surface area contributed by atoms with Crippen LogP contribution in [0.5, 0.6) is 0 Å². The van der Waals surface area contributed by atoms with E-state index < -0.39 is 0 Å². The van der Waals surface area contributed by atoms with Gasteiger partial charge in [0.15, 0.2) is 5.16 Å². The van der Waals surface area contributed by atoms with Crippen LogP contribution in [0.1, 0.15) is 63.4 Å². The highest BCUT2D eigenvalue weighted by molar-refractivity contribution is 7.99. The Labute approximate surface area is 169 Å². The summed E-state index contributed by atoms with van der Waals surface area (Å²) in [6.45, 7) is 12.2. The molecule has 0 aromatic carbocycles. The number of carbonyl (C=O) groups is 1. The molecule has 0 saturated carbocycles. The fraction of sp³-hybridized carbons (Fsp3) is 0.650. The van der Waals surface area contributed by atoms with E-state index in [4.69, 9.17) is 4.98 Å². The van der Waals surface area contributed by atoms with Crippen LogP contribution < -0.4 is 5.56 Å². The molecule has 1 aliphatic rings. The summed E-state index contributed by atoms with van der Waals surface area (Å²) in [5, 5.41) is 1.37. The van der Waals surface area contributed by atoms with E-state index in [-0.39, 0.29) is 29.6 Å². The average Bonchev–Trinajstić information content (AvgIpc) is 2.87. The third-order valence-electron chi connectivity index (χ3n) is 5.53. The van der Waals surface area contributed by atoms with E-state index in [1.807, 2.05) is 32.6 Å². The number of hydrogen-bond donors (Lipinski definition) is 0. The van der Waals surface area contributed by atoms with Crippen LogP contribution in [0, 0.1) is 13.8 Å². The highest BCUT2D eigenvalue weighted by atomic mass is 32.2. The number of thioether (sulfide) groups is 1. The molecule has 0 N–H and O–H groups in total. The summed E-state index contributed by atoms with van der Waals surface area (Å²) in [6.07, 6.45) is 3.31. The third-order valence-corrected chi connectivity index (χ3v) is 7.56. The Morgan fingerprint density at radius 1 is 1.26 bits per heavy atom. The molecule has 2 aromatic rings. The molecule has 2 atom stereocenters. The molecule has 1 fully saturated rings. The van der Waals surface area contributed by atoms with Gasteiger partial charge in [0.2, 0.25) is 5.91 Å². The molecule has 7 heteroatoms. The van der Waals surface area contributed by atoms with Gasteiger partial charge in [0.05, 0.1) is 11.1 Å². The number of fused-ring (bicyclic) bond motifs is 1. The summed E-state index contributed by atoms with van der Waals surface area (Å²) >= 11 is 2.95. The van der Waals surface area contributed by atoms with Gasteiger partial charge in [0.25, 0.3) is 5.56 Å². The fourth-order valence-electron chi connectivity index (χ4n) is 3.96. The molecule has 5 nitrogen and oxygen atoms in total. The lowest BCUT2D eigenvalue weighted by Gasteiger charge is -2.39. The number of likely N-dealkylation sites (tertiary alicyclic amines) is 1. The van der Waals surface area contributed by atoms with E-state index >= 15 is 0 Å². The quantitative estimate of drug-likeness (QED) is 0.552. The van der Waals surface area contributed by atoms with Crippen LogP contribution in [0.25, 0.3) is 10.2 Å². The number of piperidine rings is 1. The number of rotatable bonds is 4. The molecule has 1 aliphatic heterocycles. The normalized spacial score (nSPS) is 20.6. The van der Waals surface area contributed by atoms with Gasteiger partial charge < -0.3 is 4.90 Å². The van der Waals surface area contributed by atoms with Gasteiger partial charge in [-0.2, -0.15) is 0 Å². The second-order valence-electron chi connectivity index (χ2n) is 7.85. The van der Waals surface area contributed by atoms with Crippen molar-refractivity contribution in [3.05, 3.63) is 20.8 Å². The predicted molar refractivity (Wildman–Crippen MR) is 114 cm³/mol. The van der Waals surface area contributed by atoms with Gasteiger partial charge in [-0.25, -0.2) is 4.98 Å². The smallest absolute Gasteiger partial charge is 0.263 e. The van der Waals surface area contributed by atoms with Crippen molar-refractivity contribution in [2.45, 2.75) is 84.1 Å². The van der Waals surface area contributed by atoms with E-state index in [0.29, 0.717) is 10.9 Å². The molecular weight excluding hydrogens is 378 g/mol. The monoisotopic (exact) mass is 407 g/mol. The van der Waals surface area contributed by atoms with Crippen LogP contribution in [-0.2, 0) is 4.79 Å². The number of nitrogens with zero attached hydrogens (tertiary/aromatic N) is 3. The molecule has 0 aliphatic carbocycles. The van der Waals surface area contributed by atoms with Crippen LogP contribution in [-0.4, -0.2) is 38.2 Å². The predicted octanol–water partition coefficient (Wildman–Crippen LogP) is 4.54. The number of carbonyl (C=O) groups excluding carboxylic acids is 1. The minimum absolute atomic E-state index is 0.000517. The molecule has 1 amide bonds. The molecule has 0 spiro atoms. The SMILES string of the molecule is Cc1sc2nc(SCC(=O)N3[C@H](C)CCC[C@@H]3C)n(C(C)C)c(=O)c2c1C. The number of thiophene rings is 1. The van der Waals surface area contributed by atoms with Crippen LogP contribution in [0.2, 0.25) is 0 Å². The Morgan fingerprint density at radius 2 is 1.89 bits per heavy atom. The van der Waals surface area contributed by atoms with E-state index in [1.165, 1.54) is 18.2 Å². The Kier molecular flexibility index (Phi) is 6.01. The Balaban J connectivity index is 1.91. The first-order valence-corrected chi connectivity index (χ1v) is 11.5. The maximum absolute atomic E-state index is 13.1. The number of aryl methyl sites for hydroxylation is 2. The third kappa shape index (κ3) is 3.81. The van der Waals surface area contributed by atoms with Crippen molar-refractivity contribution in [1.29, 1.82) is 0 Å². The van der Waals surface area contributed by atoms with Gasteiger partial charge in [-0.3, -0.25) is 14.2 Å². The maximum Gasteiger partial charge on any atom is 0.263 e. The standard InChI is InChI=1S/C20H29N3O2S2/c1-11(2)22-19(25)17-14(5)15(6)27-18(17)21-20(22)26-10-16(24)23-12(3)8-7-9-13(23)4/h11-13H,7-10H2,1-6H3/t12-,13+. The van der Waals surface area contributed by atoms with Gasteiger partial charge in [-0.05, 0) is 66.4 Å². The van der Waals surface area contributed by atoms with Crippen molar-refractivity contribution in [3.8, 4) is 0 Å².